The average Bonchev–Trinajstić information content (AvgIpc) is 2.94. The minimum atomic E-state index is -5.12. The molecule has 0 aromatic heterocycles. The molecule has 0 aliphatic carbocycles. The smallest absolute Gasteiger partial charge is 0.471 e. The van der Waals surface area contributed by atoms with E-state index in [9.17, 15) is 27.3 Å². The van der Waals surface area contributed by atoms with Gasteiger partial charge in [0.15, 0.2) is 0 Å². The fourth-order valence-electron chi connectivity index (χ4n) is 4.62. The second-order valence-electron chi connectivity index (χ2n) is 10.9. The topological polar surface area (TPSA) is 103 Å². The minimum absolute atomic E-state index is 0.00210. The zero-order valence-corrected chi connectivity index (χ0v) is 24.6. The molecule has 0 radical (unpaired) electrons. The van der Waals surface area contributed by atoms with Crippen molar-refractivity contribution in [1.29, 1.82) is 0 Å². The highest BCUT2D eigenvalue weighted by molar-refractivity contribution is 7.90. The van der Waals surface area contributed by atoms with Gasteiger partial charge < -0.3 is 24.2 Å². The van der Waals surface area contributed by atoms with Gasteiger partial charge in [0.05, 0.1) is 11.6 Å². The van der Waals surface area contributed by atoms with Crippen LogP contribution in [-0.4, -0.2) is 58.7 Å². The number of amides is 2. The van der Waals surface area contributed by atoms with Crippen LogP contribution in [0.5, 0.6) is 0 Å². The van der Waals surface area contributed by atoms with E-state index in [2.05, 4.69) is 10.0 Å². The van der Waals surface area contributed by atoms with E-state index in [1.54, 1.807) is 48.5 Å². The Kier molecular flexibility index (Phi) is 11.1. The van der Waals surface area contributed by atoms with Gasteiger partial charge in [-0.1, -0.05) is 54.6 Å². The number of carbonyl (C=O) groups is 2. The Morgan fingerprint density at radius 2 is 1.68 bits per heavy atom. The molecule has 2 aromatic rings. The van der Waals surface area contributed by atoms with Crippen LogP contribution in [0.2, 0.25) is 0 Å². The molecular formula is C29H38F3N3O5S. The van der Waals surface area contributed by atoms with Crippen molar-refractivity contribution in [2.45, 2.75) is 69.6 Å². The lowest BCUT2D eigenvalue weighted by atomic mass is 9.80. The summed E-state index contributed by atoms with van der Waals surface area (Å²) in [5.74, 6) is -1.99. The van der Waals surface area contributed by atoms with Crippen molar-refractivity contribution >= 4 is 23.4 Å². The molecule has 0 bridgehead atoms. The van der Waals surface area contributed by atoms with Gasteiger partial charge in [0.25, 0.3) is 0 Å². The average molecular weight is 598 g/mol. The molecule has 12 heteroatoms. The zero-order chi connectivity index (χ0) is 30.3. The van der Waals surface area contributed by atoms with Crippen LogP contribution in [0.15, 0.2) is 54.6 Å². The summed E-state index contributed by atoms with van der Waals surface area (Å²) >= 11 is -1.32. The third-order valence-corrected chi connectivity index (χ3v) is 8.61. The summed E-state index contributed by atoms with van der Waals surface area (Å²) in [5.41, 5.74) is 0.780. The van der Waals surface area contributed by atoms with Gasteiger partial charge in [-0.2, -0.15) is 13.2 Å². The molecule has 2 atom stereocenters. The van der Waals surface area contributed by atoms with Crippen LogP contribution in [0.4, 0.5) is 18.0 Å². The lowest BCUT2D eigenvalue weighted by molar-refractivity contribution is -0.195. The highest BCUT2D eigenvalue weighted by Gasteiger charge is 2.51. The first-order chi connectivity index (χ1) is 19.2. The largest absolute Gasteiger partial charge is 0.598 e. The van der Waals surface area contributed by atoms with E-state index >= 15 is 0 Å². The van der Waals surface area contributed by atoms with Crippen molar-refractivity contribution in [2.75, 3.05) is 26.3 Å². The highest BCUT2D eigenvalue weighted by Crippen LogP contribution is 2.41. The van der Waals surface area contributed by atoms with Crippen molar-refractivity contribution in [3.8, 4) is 0 Å². The number of hydrogen-bond donors (Lipinski definition) is 2. The summed E-state index contributed by atoms with van der Waals surface area (Å²) in [5, 5.41) is 2.46. The van der Waals surface area contributed by atoms with Crippen molar-refractivity contribution in [2.24, 2.45) is 0 Å². The Bertz CT molecular complexity index is 1140. The van der Waals surface area contributed by atoms with E-state index in [0.717, 1.165) is 16.0 Å². The standard InChI is InChI=1S/C29H38F3N3O5S/c1-21(34-41(38)27(2,3)4)23-10-12-24(13-11-23)28(14-18-39-19-15-28)35(25(36)29(30,31)32)17-16-33-26(37)40-20-22-8-6-5-7-9-22/h5-13,21,34H,14-20H2,1-4H3,(H,33,37)/t21-,41?/m0/s1. The Morgan fingerprint density at radius 1 is 1.07 bits per heavy atom. The molecule has 1 unspecified atom stereocenters. The predicted octanol–water partition coefficient (Wildman–Crippen LogP) is 5.12. The third-order valence-electron chi connectivity index (χ3n) is 6.93. The van der Waals surface area contributed by atoms with Crippen molar-refractivity contribution < 1.29 is 36.8 Å². The molecule has 0 saturated carbocycles. The van der Waals surface area contributed by atoms with Crippen LogP contribution in [0.25, 0.3) is 0 Å². The maximum absolute atomic E-state index is 13.9. The summed E-state index contributed by atoms with van der Waals surface area (Å²) in [6.45, 7) is 7.11. The van der Waals surface area contributed by atoms with Crippen LogP contribution < -0.4 is 10.0 Å². The molecule has 2 aromatic carbocycles. The summed E-state index contributed by atoms with van der Waals surface area (Å²) < 4.78 is 67.3. The summed E-state index contributed by atoms with van der Waals surface area (Å²) in [4.78, 5) is 25.8. The van der Waals surface area contributed by atoms with Gasteiger partial charge in [-0.15, -0.1) is 4.72 Å². The van der Waals surface area contributed by atoms with Crippen molar-refractivity contribution in [1.82, 2.24) is 14.9 Å². The van der Waals surface area contributed by atoms with Gasteiger partial charge >= 0.3 is 18.2 Å². The van der Waals surface area contributed by atoms with Crippen LogP contribution in [0, 0.1) is 0 Å². The second kappa shape index (κ2) is 13.9. The monoisotopic (exact) mass is 597 g/mol. The zero-order valence-electron chi connectivity index (χ0n) is 23.8. The van der Waals surface area contributed by atoms with E-state index in [1.165, 1.54) is 0 Å². The first kappa shape index (κ1) is 32.7. The molecule has 1 heterocycles. The first-order valence-corrected chi connectivity index (χ1v) is 14.6. The number of halogens is 3. The van der Waals surface area contributed by atoms with Crippen LogP contribution >= 0.6 is 0 Å². The number of alkyl carbamates (subject to hydrolysis) is 1. The van der Waals surface area contributed by atoms with Crippen molar-refractivity contribution in [3.63, 3.8) is 0 Å². The molecule has 8 nitrogen and oxygen atoms in total. The maximum Gasteiger partial charge on any atom is 0.471 e. The third kappa shape index (κ3) is 8.84. The summed E-state index contributed by atoms with van der Waals surface area (Å²) in [7, 11) is 0. The SMILES string of the molecule is C[C@H](N[S+]([O-])C(C)(C)C)c1ccc(C2(N(CCNC(=O)OCc3ccccc3)C(=O)C(F)(F)F)CCOCC2)cc1. The van der Waals surface area contributed by atoms with Gasteiger partial charge in [-0.05, 0) is 57.2 Å². The first-order valence-electron chi connectivity index (χ1n) is 13.4. The number of nitrogens with zero attached hydrogens (tertiary/aromatic N) is 1. The summed E-state index contributed by atoms with van der Waals surface area (Å²) in [6.07, 6.45) is -5.62. The Balaban J connectivity index is 1.79. The Labute approximate surface area is 242 Å². The molecule has 2 amide bonds. The van der Waals surface area contributed by atoms with E-state index in [0.29, 0.717) is 5.56 Å². The number of nitrogens with one attached hydrogen (secondary N) is 2. The van der Waals surface area contributed by atoms with Crippen LogP contribution in [-0.2, 0) is 37.8 Å². The Morgan fingerprint density at radius 3 is 2.24 bits per heavy atom. The van der Waals surface area contributed by atoms with Crippen LogP contribution in [0.3, 0.4) is 0 Å². The lowest BCUT2D eigenvalue weighted by Gasteiger charge is -2.47. The minimum Gasteiger partial charge on any atom is -0.598 e. The Hall–Kier alpha value is -2.80. The fourth-order valence-corrected chi connectivity index (χ4v) is 5.43. The summed E-state index contributed by atoms with van der Waals surface area (Å²) in [6, 6.07) is 15.6. The predicted molar refractivity (Wildman–Crippen MR) is 150 cm³/mol. The van der Waals surface area contributed by atoms with Gasteiger partial charge in [0.2, 0.25) is 0 Å². The molecule has 226 valence electrons. The molecule has 3 rings (SSSR count). The van der Waals surface area contributed by atoms with Crippen molar-refractivity contribution in [3.05, 3.63) is 71.3 Å². The number of benzene rings is 2. The number of hydrogen-bond acceptors (Lipinski definition) is 6. The number of alkyl halides is 3. The molecule has 0 spiro atoms. The maximum atomic E-state index is 13.9. The van der Waals surface area contributed by atoms with Gasteiger partial charge in [-0.3, -0.25) is 4.79 Å². The van der Waals surface area contributed by atoms with E-state index in [1.807, 2.05) is 33.8 Å². The highest BCUT2D eigenvalue weighted by atomic mass is 32.2. The number of rotatable bonds is 10. The molecule has 1 saturated heterocycles. The molecule has 2 N–H and O–H groups in total. The van der Waals surface area contributed by atoms with Gasteiger partial charge in [0, 0.05) is 37.7 Å². The van der Waals surface area contributed by atoms with E-state index in [4.69, 9.17) is 9.47 Å². The quantitative estimate of drug-likeness (QED) is 0.369. The molecule has 1 aliphatic heterocycles. The lowest BCUT2D eigenvalue weighted by Crippen LogP contribution is -2.57. The fraction of sp³-hybridized carbons (Fsp3) is 0.517. The normalized spacial score (nSPS) is 16.9. The molecule has 1 fully saturated rings. The van der Waals surface area contributed by atoms with Crippen LogP contribution in [0.1, 0.15) is 63.3 Å². The molecular weight excluding hydrogens is 559 g/mol. The number of ether oxygens (including phenoxy) is 2. The van der Waals surface area contributed by atoms with E-state index in [-0.39, 0.29) is 51.8 Å². The van der Waals surface area contributed by atoms with E-state index < -0.39 is 39.8 Å². The second-order valence-corrected chi connectivity index (χ2v) is 12.9. The van der Waals surface area contributed by atoms with Gasteiger partial charge in [-0.25, -0.2) is 4.79 Å². The molecule has 41 heavy (non-hydrogen) atoms. The van der Waals surface area contributed by atoms with Gasteiger partial charge in [0.1, 0.15) is 11.4 Å². The molecule has 1 aliphatic rings. The number of carbonyl (C=O) groups excluding carboxylic acids is 2.